The summed E-state index contributed by atoms with van der Waals surface area (Å²) in [6.07, 6.45) is 0.999. The molecule has 2 rings (SSSR count). The Kier molecular flexibility index (Phi) is 6.68. The Morgan fingerprint density at radius 1 is 1.15 bits per heavy atom. The number of rotatable bonds is 6. The van der Waals surface area contributed by atoms with Crippen molar-refractivity contribution >= 4 is 34.9 Å². The lowest BCUT2D eigenvalue weighted by molar-refractivity contribution is 0.0696. The van der Waals surface area contributed by atoms with Crippen LogP contribution in [0.1, 0.15) is 41.0 Å². The first-order valence-electron chi connectivity index (χ1n) is 8.11. The van der Waals surface area contributed by atoms with Gasteiger partial charge in [0.25, 0.3) is 5.91 Å². The average molecular weight is 372 g/mol. The highest BCUT2D eigenvalue weighted by Gasteiger charge is 2.10. The number of carboxylic acid groups (broad SMARTS) is 1. The maximum Gasteiger partial charge on any atom is 0.335 e. The molecule has 1 amide bonds. The second-order valence-corrected chi connectivity index (χ2v) is 6.06. The molecule has 26 heavy (non-hydrogen) atoms. The summed E-state index contributed by atoms with van der Waals surface area (Å²) in [5, 5.41) is 14.4. The van der Waals surface area contributed by atoms with Gasteiger partial charge in [0, 0.05) is 11.3 Å². The molecule has 0 aliphatic rings. The molecular formula is C19H20N2O4S. The van der Waals surface area contributed by atoms with Crippen molar-refractivity contribution in [3.8, 4) is 5.75 Å². The van der Waals surface area contributed by atoms with Crippen LogP contribution in [0.4, 0.5) is 5.69 Å². The average Bonchev–Trinajstić information content (AvgIpc) is 2.62. The highest BCUT2D eigenvalue weighted by Crippen LogP contribution is 2.15. The van der Waals surface area contributed by atoms with E-state index in [4.69, 9.17) is 22.1 Å². The van der Waals surface area contributed by atoms with Gasteiger partial charge in [0.2, 0.25) is 0 Å². The summed E-state index contributed by atoms with van der Waals surface area (Å²) < 4.78 is 5.67. The lowest BCUT2D eigenvalue weighted by Gasteiger charge is -2.13. The summed E-state index contributed by atoms with van der Waals surface area (Å²) >= 11 is 5.10. The fourth-order valence-electron chi connectivity index (χ4n) is 2.07. The molecule has 6 nitrogen and oxygen atoms in total. The van der Waals surface area contributed by atoms with Crippen LogP contribution in [0.15, 0.2) is 48.5 Å². The fraction of sp³-hybridized carbons (Fsp3) is 0.211. The normalized spacial score (nSPS) is 11.3. The van der Waals surface area contributed by atoms with Gasteiger partial charge in [-0.15, -0.1) is 0 Å². The molecule has 0 aliphatic carbocycles. The van der Waals surface area contributed by atoms with Crippen molar-refractivity contribution in [1.29, 1.82) is 0 Å². The number of nitrogens with one attached hydrogen (secondary N) is 2. The minimum absolute atomic E-state index is 0.0810. The smallest absolute Gasteiger partial charge is 0.335 e. The molecule has 0 radical (unpaired) electrons. The molecule has 3 N–H and O–H groups in total. The number of benzene rings is 2. The van der Waals surface area contributed by atoms with Crippen molar-refractivity contribution in [2.24, 2.45) is 0 Å². The molecule has 0 fully saturated rings. The summed E-state index contributed by atoms with van der Waals surface area (Å²) in [6.45, 7) is 4.01. The molecule has 2 aromatic rings. The maximum absolute atomic E-state index is 12.2. The summed E-state index contributed by atoms with van der Waals surface area (Å²) in [5.74, 6) is -0.711. The Bertz CT molecular complexity index is 805. The molecule has 0 aromatic heterocycles. The van der Waals surface area contributed by atoms with Crippen molar-refractivity contribution in [2.75, 3.05) is 5.32 Å². The third-order valence-corrected chi connectivity index (χ3v) is 3.83. The van der Waals surface area contributed by atoms with Crippen LogP contribution in [0.25, 0.3) is 0 Å². The van der Waals surface area contributed by atoms with Gasteiger partial charge in [-0.25, -0.2) is 4.79 Å². The lowest BCUT2D eigenvalue weighted by atomic mass is 10.2. The summed E-state index contributed by atoms with van der Waals surface area (Å²) in [7, 11) is 0. The van der Waals surface area contributed by atoms with Gasteiger partial charge in [-0.2, -0.15) is 0 Å². The van der Waals surface area contributed by atoms with Crippen LogP contribution in [-0.2, 0) is 0 Å². The van der Waals surface area contributed by atoms with Gasteiger partial charge in [-0.05, 0) is 68.0 Å². The number of anilines is 1. The Morgan fingerprint density at radius 3 is 2.46 bits per heavy atom. The number of carbonyl (C=O) groups is 2. The Hall–Kier alpha value is -2.93. The van der Waals surface area contributed by atoms with Gasteiger partial charge in [0.15, 0.2) is 5.11 Å². The first-order valence-corrected chi connectivity index (χ1v) is 8.52. The SMILES string of the molecule is CC[C@@H](C)Oc1ccc(C(=O)NC(=S)Nc2cccc(C(=O)O)c2)cc1. The minimum Gasteiger partial charge on any atom is -0.491 e. The Morgan fingerprint density at radius 2 is 1.85 bits per heavy atom. The number of carbonyl (C=O) groups excluding carboxylic acids is 1. The van der Waals surface area contributed by atoms with Crippen LogP contribution in [0.2, 0.25) is 0 Å². The minimum atomic E-state index is -1.04. The number of carboxylic acids is 1. The summed E-state index contributed by atoms with van der Waals surface area (Å²) in [4.78, 5) is 23.2. The number of hydrogen-bond acceptors (Lipinski definition) is 4. The van der Waals surface area contributed by atoms with E-state index in [1.807, 2.05) is 13.8 Å². The maximum atomic E-state index is 12.2. The first kappa shape index (κ1) is 19.4. The number of ether oxygens (including phenoxy) is 1. The van der Waals surface area contributed by atoms with E-state index in [1.165, 1.54) is 12.1 Å². The molecule has 136 valence electrons. The molecule has 0 saturated heterocycles. The van der Waals surface area contributed by atoms with Crippen LogP contribution in [0.5, 0.6) is 5.75 Å². The summed E-state index contributed by atoms with van der Waals surface area (Å²) in [5.41, 5.74) is 1.04. The Labute approximate surface area is 157 Å². The molecule has 1 atom stereocenters. The van der Waals surface area contributed by atoms with Crippen molar-refractivity contribution in [3.63, 3.8) is 0 Å². The molecular weight excluding hydrogens is 352 g/mol. The molecule has 0 unspecified atom stereocenters. The first-order chi connectivity index (χ1) is 12.4. The van der Waals surface area contributed by atoms with Crippen molar-refractivity contribution in [1.82, 2.24) is 5.32 Å². The second-order valence-electron chi connectivity index (χ2n) is 5.66. The van der Waals surface area contributed by atoms with Crippen LogP contribution in [-0.4, -0.2) is 28.2 Å². The molecule has 0 bridgehead atoms. The van der Waals surface area contributed by atoms with Crippen LogP contribution < -0.4 is 15.4 Å². The van der Waals surface area contributed by atoms with E-state index < -0.39 is 5.97 Å². The zero-order chi connectivity index (χ0) is 19.1. The van der Waals surface area contributed by atoms with E-state index in [1.54, 1.807) is 36.4 Å². The van der Waals surface area contributed by atoms with Crippen LogP contribution in [0, 0.1) is 0 Å². The van der Waals surface area contributed by atoms with E-state index in [0.717, 1.165) is 6.42 Å². The zero-order valence-electron chi connectivity index (χ0n) is 14.5. The third-order valence-electron chi connectivity index (χ3n) is 3.62. The van der Waals surface area contributed by atoms with Crippen LogP contribution >= 0.6 is 12.2 Å². The fourth-order valence-corrected chi connectivity index (χ4v) is 2.28. The molecule has 0 saturated carbocycles. The molecule has 0 heterocycles. The Balaban J connectivity index is 1.95. The predicted molar refractivity (Wildman–Crippen MR) is 104 cm³/mol. The van der Waals surface area contributed by atoms with E-state index in [2.05, 4.69) is 10.6 Å². The van der Waals surface area contributed by atoms with Crippen molar-refractivity contribution in [3.05, 3.63) is 59.7 Å². The number of thiocarbonyl (C=S) groups is 1. The van der Waals surface area contributed by atoms with Gasteiger partial charge < -0.3 is 15.2 Å². The monoisotopic (exact) mass is 372 g/mol. The van der Waals surface area contributed by atoms with Gasteiger partial charge in [0.05, 0.1) is 11.7 Å². The van der Waals surface area contributed by atoms with E-state index in [-0.39, 0.29) is 22.7 Å². The molecule has 7 heteroatoms. The standard InChI is InChI=1S/C19H20N2O4S/c1-3-12(2)25-16-9-7-13(8-10-16)17(22)21-19(26)20-15-6-4-5-14(11-15)18(23)24/h4-12H,3H2,1-2H3,(H,23,24)(H2,20,21,22,26)/t12-/m1/s1. The number of aromatic carboxylic acids is 1. The van der Waals surface area contributed by atoms with E-state index >= 15 is 0 Å². The number of hydrogen-bond donors (Lipinski definition) is 3. The van der Waals surface area contributed by atoms with Gasteiger partial charge in [-0.3, -0.25) is 10.1 Å². The largest absolute Gasteiger partial charge is 0.491 e. The highest BCUT2D eigenvalue weighted by molar-refractivity contribution is 7.80. The van der Waals surface area contributed by atoms with Gasteiger partial charge in [-0.1, -0.05) is 13.0 Å². The van der Waals surface area contributed by atoms with E-state index in [0.29, 0.717) is 17.0 Å². The van der Waals surface area contributed by atoms with Gasteiger partial charge >= 0.3 is 5.97 Å². The predicted octanol–water partition coefficient (Wildman–Crippen LogP) is 3.69. The summed E-state index contributed by atoms with van der Waals surface area (Å²) in [6, 6.07) is 12.9. The van der Waals surface area contributed by atoms with E-state index in [9.17, 15) is 9.59 Å². The number of amides is 1. The topological polar surface area (TPSA) is 87.7 Å². The highest BCUT2D eigenvalue weighted by atomic mass is 32.1. The molecule has 0 spiro atoms. The second kappa shape index (κ2) is 8.96. The van der Waals surface area contributed by atoms with Crippen molar-refractivity contribution < 1.29 is 19.4 Å². The zero-order valence-corrected chi connectivity index (χ0v) is 15.3. The molecule has 0 aliphatic heterocycles. The van der Waals surface area contributed by atoms with Crippen molar-refractivity contribution in [2.45, 2.75) is 26.4 Å². The van der Waals surface area contributed by atoms with Gasteiger partial charge in [0.1, 0.15) is 5.75 Å². The lowest BCUT2D eigenvalue weighted by Crippen LogP contribution is -2.34. The molecule has 2 aromatic carbocycles. The quantitative estimate of drug-likeness (QED) is 0.671. The van der Waals surface area contributed by atoms with Crippen LogP contribution in [0.3, 0.4) is 0 Å². The third kappa shape index (κ3) is 5.56.